The quantitative estimate of drug-likeness (QED) is 0.863. The topological polar surface area (TPSA) is 64.7 Å². The molecule has 0 spiro atoms. The summed E-state index contributed by atoms with van der Waals surface area (Å²) >= 11 is 0. The highest BCUT2D eigenvalue weighted by Crippen LogP contribution is 1.99. The van der Waals surface area contributed by atoms with Crippen LogP contribution in [0, 0.1) is 20.8 Å². The maximum Gasteiger partial charge on any atom is 0.347 e. The van der Waals surface area contributed by atoms with E-state index >= 15 is 0 Å². The van der Waals surface area contributed by atoms with Gasteiger partial charge in [0.15, 0.2) is 0 Å². The first kappa shape index (κ1) is 15.4. The van der Waals surface area contributed by atoms with E-state index in [9.17, 15) is 4.79 Å². The van der Waals surface area contributed by atoms with Crippen LogP contribution in [0.1, 0.15) is 24.1 Å². The zero-order chi connectivity index (χ0) is 15.4. The fourth-order valence-electron chi connectivity index (χ4n) is 2.43. The summed E-state index contributed by atoms with van der Waals surface area (Å²) in [5, 5.41) is 3.43. The molecule has 0 fully saturated rings. The summed E-state index contributed by atoms with van der Waals surface area (Å²) in [5.41, 5.74) is 1.55. The van der Waals surface area contributed by atoms with E-state index in [0.29, 0.717) is 12.6 Å². The molecular weight excluding hydrogens is 266 g/mol. The van der Waals surface area contributed by atoms with Gasteiger partial charge in [0, 0.05) is 49.5 Å². The number of rotatable bonds is 6. The second kappa shape index (κ2) is 6.67. The van der Waals surface area contributed by atoms with Gasteiger partial charge in [-0.05, 0) is 33.8 Å². The van der Waals surface area contributed by atoms with Gasteiger partial charge in [-0.3, -0.25) is 4.57 Å². The molecule has 0 radical (unpaired) electrons. The fraction of sp³-hybridized carbons (Fsp3) is 0.533. The van der Waals surface area contributed by atoms with Gasteiger partial charge < -0.3 is 9.88 Å². The molecule has 0 bridgehead atoms. The Kier molecular flexibility index (Phi) is 4.90. The molecule has 0 saturated carbocycles. The minimum Gasteiger partial charge on any atom is -0.334 e. The van der Waals surface area contributed by atoms with Gasteiger partial charge in [0.2, 0.25) is 0 Å². The van der Waals surface area contributed by atoms with Gasteiger partial charge >= 0.3 is 5.69 Å². The van der Waals surface area contributed by atoms with Crippen LogP contribution < -0.4 is 11.0 Å². The predicted octanol–water partition coefficient (Wildman–Crippen LogP) is 1.04. The molecule has 0 aliphatic carbocycles. The zero-order valence-corrected chi connectivity index (χ0v) is 13.1. The second-order valence-electron chi connectivity index (χ2n) is 5.46. The molecule has 2 heterocycles. The molecule has 0 saturated heterocycles. The SMILES string of the molecule is Cc1cc(C)n(CCN[C@@H](C)Cn2ccnc2C)c(=O)n1. The summed E-state index contributed by atoms with van der Waals surface area (Å²) in [6.45, 7) is 10.1. The maximum atomic E-state index is 11.8. The monoisotopic (exact) mass is 289 g/mol. The van der Waals surface area contributed by atoms with Crippen LogP contribution in [-0.4, -0.2) is 31.7 Å². The first-order valence-corrected chi connectivity index (χ1v) is 7.23. The first-order valence-electron chi connectivity index (χ1n) is 7.23. The van der Waals surface area contributed by atoms with E-state index in [1.807, 2.05) is 39.2 Å². The minimum absolute atomic E-state index is 0.174. The highest BCUT2D eigenvalue weighted by molar-refractivity contribution is 5.06. The number of aromatic nitrogens is 4. The molecule has 0 aliphatic heterocycles. The number of imidazole rings is 1. The lowest BCUT2D eigenvalue weighted by atomic mass is 10.3. The van der Waals surface area contributed by atoms with E-state index in [1.165, 1.54) is 0 Å². The Morgan fingerprint density at radius 2 is 2.10 bits per heavy atom. The van der Waals surface area contributed by atoms with Crippen molar-refractivity contribution in [1.29, 1.82) is 0 Å². The Morgan fingerprint density at radius 1 is 1.33 bits per heavy atom. The average molecular weight is 289 g/mol. The van der Waals surface area contributed by atoms with Gasteiger partial charge in [0.1, 0.15) is 5.82 Å². The van der Waals surface area contributed by atoms with Crippen molar-refractivity contribution in [3.8, 4) is 0 Å². The lowest BCUT2D eigenvalue weighted by Crippen LogP contribution is -2.36. The molecule has 0 aliphatic rings. The Balaban J connectivity index is 1.87. The summed E-state index contributed by atoms with van der Waals surface area (Å²) in [4.78, 5) is 20.0. The second-order valence-corrected chi connectivity index (χ2v) is 5.46. The summed E-state index contributed by atoms with van der Waals surface area (Å²) in [5.74, 6) is 1.01. The van der Waals surface area contributed by atoms with E-state index in [1.54, 1.807) is 4.57 Å². The van der Waals surface area contributed by atoms with Gasteiger partial charge in [0.05, 0.1) is 0 Å². The number of nitrogens with one attached hydrogen (secondary N) is 1. The Morgan fingerprint density at radius 3 is 2.71 bits per heavy atom. The van der Waals surface area contributed by atoms with Gasteiger partial charge in [-0.1, -0.05) is 0 Å². The van der Waals surface area contributed by atoms with Crippen molar-refractivity contribution in [2.24, 2.45) is 0 Å². The van der Waals surface area contributed by atoms with E-state index in [2.05, 4.69) is 26.8 Å². The van der Waals surface area contributed by atoms with E-state index in [-0.39, 0.29) is 5.69 Å². The third kappa shape index (κ3) is 4.01. The van der Waals surface area contributed by atoms with Crippen LogP contribution in [0.4, 0.5) is 0 Å². The third-order valence-electron chi connectivity index (χ3n) is 3.57. The van der Waals surface area contributed by atoms with Gasteiger partial charge in [0.25, 0.3) is 0 Å². The van der Waals surface area contributed by atoms with Crippen molar-refractivity contribution >= 4 is 0 Å². The van der Waals surface area contributed by atoms with E-state index < -0.39 is 0 Å². The molecule has 2 aromatic heterocycles. The summed E-state index contributed by atoms with van der Waals surface area (Å²) in [6, 6.07) is 2.24. The Labute approximate surface area is 124 Å². The fourth-order valence-corrected chi connectivity index (χ4v) is 2.43. The van der Waals surface area contributed by atoms with Crippen LogP contribution in [0.25, 0.3) is 0 Å². The summed E-state index contributed by atoms with van der Waals surface area (Å²) < 4.78 is 3.82. The zero-order valence-electron chi connectivity index (χ0n) is 13.1. The maximum absolute atomic E-state index is 11.8. The normalized spacial score (nSPS) is 12.6. The lowest BCUT2D eigenvalue weighted by Gasteiger charge is -2.16. The van der Waals surface area contributed by atoms with Crippen molar-refractivity contribution in [3.05, 3.63) is 46.2 Å². The molecule has 0 amide bonds. The molecule has 0 aromatic carbocycles. The van der Waals surface area contributed by atoms with Crippen LogP contribution in [0.2, 0.25) is 0 Å². The lowest BCUT2D eigenvalue weighted by molar-refractivity contribution is 0.450. The number of aryl methyl sites for hydroxylation is 3. The van der Waals surface area contributed by atoms with Gasteiger partial charge in [-0.2, -0.15) is 4.98 Å². The van der Waals surface area contributed by atoms with Crippen molar-refractivity contribution in [1.82, 2.24) is 24.4 Å². The predicted molar refractivity (Wildman–Crippen MR) is 82.4 cm³/mol. The Hall–Kier alpha value is -1.95. The third-order valence-corrected chi connectivity index (χ3v) is 3.57. The van der Waals surface area contributed by atoms with Crippen LogP contribution in [0.5, 0.6) is 0 Å². The van der Waals surface area contributed by atoms with Gasteiger partial charge in [-0.15, -0.1) is 0 Å². The average Bonchev–Trinajstić information content (AvgIpc) is 2.78. The molecule has 21 heavy (non-hydrogen) atoms. The molecule has 6 nitrogen and oxygen atoms in total. The van der Waals surface area contributed by atoms with Crippen LogP contribution in [0.3, 0.4) is 0 Å². The van der Waals surface area contributed by atoms with Crippen LogP contribution in [0.15, 0.2) is 23.3 Å². The largest absolute Gasteiger partial charge is 0.347 e. The van der Waals surface area contributed by atoms with Crippen molar-refractivity contribution in [2.75, 3.05) is 6.54 Å². The molecule has 114 valence electrons. The smallest absolute Gasteiger partial charge is 0.334 e. The van der Waals surface area contributed by atoms with E-state index in [0.717, 1.165) is 30.3 Å². The first-order chi connectivity index (χ1) is 9.97. The number of hydrogen-bond donors (Lipinski definition) is 1. The number of nitrogens with zero attached hydrogens (tertiary/aromatic N) is 4. The number of hydrogen-bond acceptors (Lipinski definition) is 4. The Bertz CT molecular complexity index is 658. The summed E-state index contributed by atoms with van der Waals surface area (Å²) in [6.07, 6.45) is 3.79. The minimum atomic E-state index is -0.174. The molecule has 1 N–H and O–H groups in total. The highest BCUT2D eigenvalue weighted by Gasteiger charge is 2.06. The van der Waals surface area contributed by atoms with Gasteiger partial charge in [-0.25, -0.2) is 9.78 Å². The molecule has 2 aromatic rings. The molecule has 6 heteroatoms. The van der Waals surface area contributed by atoms with Crippen molar-refractivity contribution in [2.45, 2.75) is 46.8 Å². The molecule has 1 atom stereocenters. The van der Waals surface area contributed by atoms with E-state index in [4.69, 9.17) is 0 Å². The van der Waals surface area contributed by atoms with Crippen LogP contribution in [-0.2, 0) is 13.1 Å². The standard InChI is InChI=1S/C15H23N5O/c1-11-9-13(3)20(15(21)18-11)8-6-16-12(2)10-19-7-5-17-14(19)4/h5,7,9,12,16H,6,8,10H2,1-4H3/t12-/m0/s1. The molecule has 0 unspecified atom stereocenters. The van der Waals surface area contributed by atoms with Crippen molar-refractivity contribution < 1.29 is 0 Å². The molecule has 2 rings (SSSR count). The van der Waals surface area contributed by atoms with Crippen molar-refractivity contribution in [3.63, 3.8) is 0 Å². The summed E-state index contributed by atoms with van der Waals surface area (Å²) in [7, 11) is 0. The van der Waals surface area contributed by atoms with Crippen LogP contribution >= 0.6 is 0 Å². The highest BCUT2D eigenvalue weighted by atomic mass is 16.1. The molecular formula is C15H23N5O.